The maximum Gasteiger partial charge on any atom is 0.253 e. The van der Waals surface area contributed by atoms with Crippen molar-refractivity contribution in [1.82, 2.24) is 9.58 Å². The highest BCUT2D eigenvalue weighted by Crippen LogP contribution is 2.42. The summed E-state index contributed by atoms with van der Waals surface area (Å²) in [5.74, 6) is 1.49. The second-order valence-electron chi connectivity index (χ2n) is 9.98. The van der Waals surface area contributed by atoms with Crippen LogP contribution in [-0.4, -0.2) is 41.2 Å². The molecule has 0 fully saturated rings. The Labute approximate surface area is 248 Å². The van der Waals surface area contributed by atoms with Crippen molar-refractivity contribution >= 4 is 45.6 Å². The van der Waals surface area contributed by atoms with Gasteiger partial charge in [0.2, 0.25) is 0 Å². The Kier molecular flexibility index (Phi) is 7.85. The van der Waals surface area contributed by atoms with Gasteiger partial charge in [-0.15, -0.1) is 23.1 Å². The molecule has 2 aromatic heterocycles. The first kappa shape index (κ1) is 27.2. The van der Waals surface area contributed by atoms with Gasteiger partial charge in [-0.25, -0.2) is 5.01 Å². The third-order valence-electron chi connectivity index (χ3n) is 7.30. The van der Waals surface area contributed by atoms with Gasteiger partial charge in [0.15, 0.2) is 11.5 Å². The maximum absolute atomic E-state index is 13.9. The Morgan fingerprint density at radius 3 is 2.66 bits per heavy atom. The van der Waals surface area contributed by atoms with Crippen LogP contribution < -0.4 is 9.47 Å². The number of benzene rings is 3. The lowest BCUT2D eigenvalue weighted by molar-refractivity contribution is -0.130. The number of aromatic nitrogens is 1. The molecule has 0 bridgehead atoms. The lowest BCUT2D eigenvalue weighted by Crippen LogP contribution is -2.28. The number of hydrogen-bond acceptors (Lipinski definition) is 6. The van der Waals surface area contributed by atoms with Gasteiger partial charge < -0.3 is 14.0 Å². The molecular formula is C33H31N3O3S2. The van der Waals surface area contributed by atoms with Gasteiger partial charge in [0.25, 0.3) is 5.91 Å². The highest BCUT2D eigenvalue weighted by atomic mass is 32.2. The summed E-state index contributed by atoms with van der Waals surface area (Å²) in [5.41, 5.74) is 5.44. The average Bonchev–Trinajstić information content (AvgIpc) is 3.75. The number of fused-ring (bicyclic) bond motifs is 1. The smallest absolute Gasteiger partial charge is 0.253 e. The molecule has 0 saturated carbocycles. The van der Waals surface area contributed by atoms with E-state index in [-0.39, 0.29) is 17.7 Å². The Morgan fingerprint density at radius 1 is 1.02 bits per heavy atom. The van der Waals surface area contributed by atoms with Gasteiger partial charge in [-0.05, 0) is 36.1 Å². The van der Waals surface area contributed by atoms with Crippen LogP contribution in [0.3, 0.4) is 0 Å². The summed E-state index contributed by atoms with van der Waals surface area (Å²) in [6, 6.07) is 26.5. The third kappa shape index (κ3) is 5.49. The molecule has 5 aromatic rings. The van der Waals surface area contributed by atoms with Crippen molar-refractivity contribution in [2.45, 2.75) is 30.8 Å². The Hall–Kier alpha value is -4.01. The first-order chi connectivity index (χ1) is 20.1. The summed E-state index contributed by atoms with van der Waals surface area (Å²) < 4.78 is 13.6. The molecule has 1 aliphatic rings. The van der Waals surface area contributed by atoms with E-state index in [1.165, 1.54) is 11.1 Å². The number of hydrogen-bond donors (Lipinski definition) is 0. The number of para-hydroxylation sites is 2. The van der Waals surface area contributed by atoms with E-state index in [9.17, 15) is 4.79 Å². The van der Waals surface area contributed by atoms with Crippen LogP contribution in [0.15, 0.2) is 100 Å². The predicted molar refractivity (Wildman–Crippen MR) is 168 cm³/mol. The molecule has 3 aromatic carbocycles. The van der Waals surface area contributed by atoms with E-state index in [0.717, 1.165) is 38.5 Å². The number of carbonyl (C=O) groups excluding carboxylic acids is 1. The highest BCUT2D eigenvalue weighted by molar-refractivity contribution is 8.00. The molecule has 1 aliphatic heterocycles. The zero-order valence-corrected chi connectivity index (χ0v) is 24.9. The molecule has 8 heteroatoms. The molecule has 1 unspecified atom stereocenters. The Bertz CT molecular complexity index is 1730. The molecule has 6 nitrogen and oxygen atoms in total. The Balaban J connectivity index is 1.28. The SMILES string of the molecule is COc1cccc(C2CC(c3cccs3)=NN2C(=O)CSc2cn(Cc3cccc(C)c3)c3ccccc23)c1OC. The van der Waals surface area contributed by atoms with Crippen LogP contribution in [0.25, 0.3) is 10.9 Å². The zero-order chi connectivity index (χ0) is 28.3. The summed E-state index contributed by atoms with van der Waals surface area (Å²) in [6.07, 6.45) is 2.77. The number of thioether (sulfide) groups is 1. The number of hydrazone groups is 1. The van der Waals surface area contributed by atoms with Crippen molar-refractivity contribution in [2.75, 3.05) is 20.0 Å². The van der Waals surface area contributed by atoms with Gasteiger partial charge in [0.05, 0.1) is 36.6 Å². The summed E-state index contributed by atoms with van der Waals surface area (Å²) in [7, 11) is 3.25. The standard InChI is InChI=1S/C33H31N3O3S2/c1-22-9-6-10-23(17-22)19-35-20-31(24-11-4-5-13-27(24)35)41-21-32(37)36-28(18-26(34-36)30-15-8-16-40-30)25-12-7-14-29(38-2)33(25)39-3/h4-17,20,28H,18-19,21H2,1-3H3. The van der Waals surface area contributed by atoms with E-state index in [4.69, 9.17) is 14.6 Å². The van der Waals surface area contributed by atoms with Gasteiger partial charge in [-0.2, -0.15) is 5.10 Å². The van der Waals surface area contributed by atoms with Gasteiger partial charge in [-0.3, -0.25) is 4.79 Å². The monoisotopic (exact) mass is 581 g/mol. The maximum atomic E-state index is 13.9. The van der Waals surface area contributed by atoms with E-state index >= 15 is 0 Å². The van der Waals surface area contributed by atoms with Crippen LogP contribution in [0, 0.1) is 6.92 Å². The van der Waals surface area contributed by atoms with E-state index in [2.05, 4.69) is 66.2 Å². The largest absolute Gasteiger partial charge is 0.493 e. The van der Waals surface area contributed by atoms with E-state index < -0.39 is 0 Å². The predicted octanol–water partition coefficient (Wildman–Crippen LogP) is 7.55. The molecule has 0 aliphatic carbocycles. The van der Waals surface area contributed by atoms with E-state index in [0.29, 0.717) is 17.9 Å². The van der Waals surface area contributed by atoms with Crippen LogP contribution in [-0.2, 0) is 11.3 Å². The molecule has 0 radical (unpaired) electrons. The van der Waals surface area contributed by atoms with Crippen molar-refractivity contribution in [3.63, 3.8) is 0 Å². The van der Waals surface area contributed by atoms with Crippen molar-refractivity contribution in [2.24, 2.45) is 5.10 Å². The second-order valence-corrected chi connectivity index (χ2v) is 11.9. The number of nitrogens with zero attached hydrogens (tertiary/aromatic N) is 3. The molecular weight excluding hydrogens is 551 g/mol. The molecule has 3 heterocycles. The second kappa shape index (κ2) is 11.8. The molecule has 1 amide bonds. The fraction of sp³-hybridized carbons (Fsp3) is 0.212. The minimum Gasteiger partial charge on any atom is -0.493 e. The summed E-state index contributed by atoms with van der Waals surface area (Å²) in [4.78, 5) is 16.0. The number of thiophene rings is 1. The van der Waals surface area contributed by atoms with Crippen molar-refractivity contribution in [3.05, 3.63) is 112 Å². The molecule has 1 atom stereocenters. The minimum absolute atomic E-state index is 0.0491. The molecule has 6 rings (SSSR count). The van der Waals surface area contributed by atoms with Crippen molar-refractivity contribution in [1.29, 1.82) is 0 Å². The quantitative estimate of drug-likeness (QED) is 0.169. The molecule has 0 saturated heterocycles. The summed E-state index contributed by atoms with van der Waals surface area (Å²) in [6.45, 7) is 2.89. The third-order valence-corrected chi connectivity index (χ3v) is 9.25. The normalized spacial score (nSPS) is 14.9. The number of aryl methyl sites for hydroxylation is 1. The minimum atomic E-state index is -0.284. The molecule has 208 valence electrons. The highest BCUT2D eigenvalue weighted by Gasteiger charge is 2.36. The first-order valence-corrected chi connectivity index (χ1v) is 15.3. The topological polar surface area (TPSA) is 56.1 Å². The lowest BCUT2D eigenvalue weighted by Gasteiger charge is -2.24. The number of methoxy groups -OCH3 is 2. The Morgan fingerprint density at radius 2 is 1.88 bits per heavy atom. The van der Waals surface area contributed by atoms with E-state index in [1.54, 1.807) is 42.3 Å². The van der Waals surface area contributed by atoms with Crippen LogP contribution in [0.5, 0.6) is 11.5 Å². The van der Waals surface area contributed by atoms with E-state index in [1.807, 2.05) is 35.7 Å². The molecule has 41 heavy (non-hydrogen) atoms. The number of amides is 1. The summed E-state index contributed by atoms with van der Waals surface area (Å²) >= 11 is 3.19. The number of rotatable bonds is 9. The van der Waals surface area contributed by atoms with Crippen molar-refractivity contribution < 1.29 is 14.3 Å². The zero-order valence-electron chi connectivity index (χ0n) is 23.2. The fourth-order valence-corrected chi connectivity index (χ4v) is 7.08. The van der Waals surface area contributed by atoms with Gasteiger partial charge >= 0.3 is 0 Å². The average molecular weight is 582 g/mol. The number of carbonyl (C=O) groups is 1. The summed E-state index contributed by atoms with van der Waals surface area (Å²) in [5, 5.41) is 9.68. The van der Waals surface area contributed by atoms with Crippen molar-refractivity contribution in [3.8, 4) is 11.5 Å². The fourth-order valence-electron chi connectivity index (χ4n) is 5.42. The molecule has 0 N–H and O–H groups in total. The van der Waals surface area contributed by atoms with Gasteiger partial charge in [0, 0.05) is 40.5 Å². The number of ether oxygens (including phenoxy) is 2. The van der Waals surface area contributed by atoms with Crippen LogP contribution in [0.2, 0.25) is 0 Å². The van der Waals surface area contributed by atoms with Crippen LogP contribution in [0.4, 0.5) is 0 Å². The van der Waals surface area contributed by atoms with Gasteiger partial charge in [-0.1, -0.05) is 66.2 Å². The van der Waals surface area contributed by atoms with Crippen LogP contribution >= 0.6 is 23.1 Å². The molecule has 0 spiro atoms. The first-order valence-electron chi connectivity index (χ1n) is 13.5. The lowest BCUT2D eigenvalue weighted by atomic mass is 9.99. The van der Waals surface area contributed by atoms with Crippen LogP contribution in [0.1, 0.15) is 34.0 Å². The van der Waals surface area contributed by atoms with Gasteiger partial charge in [0.1, 0.15) is 0 Å².